The average Bonchev–Trinajstić information content (AvgIpc) is 2.86. The summed E-state index contributed by atoms with van der Waals surface area (Å²) in [4.78, 5) is 43.3. The highest BCUT2D eigenvalue weighted by atomic mass is 16.6. The largest absolute Gasteiger partial charge is 0.480 e. The van der Waals surface area contributed by atoms with Gasteiger partial charge in [0.1, 0.15) is 23.5 Å². The van der Waals surface area contributed by atoms with Gasteiger partial charge in [-0.1, -0.05) is 31.7 Å². The van der Waals surface area contributed by atoms with Crippen LogP contribution in [0.3, 0.4) is 0 Å². The number of aryl methyl sites for hydroxylation is 2. The summed E-state index contributed by atoms with van der Waals surface area (Å²) in [5, 5.41) is 15.6. The second-order valence-corrected chi connectivity index (χ2v) is 10.8. The van der Waals surface area contributed by atoms with Crippen LogP contribution in [-0.4, -0.2) is 76.9 Å². The topological polar surface area (TPSA) is 130 Å². The number of aromatic nitrogens is 1. The van der Waals surface area contributed by atoms with E-state index in [1.54, 1.807) is 20.8 Å². The monoisotopic (exact) mass is 518 g/mol. The molecule has 2 aliphatic rings. The Morgan fingerprint density at radius 3 is 2.73 bits per heavy atom. The van der Waals surface area contributed by atoms with Crippen LogP contribution in [0.15, 0.2) is 12.1 Å². The lowest BCUT2D eigenvalue weighted by Crippen LogP contribution is -2.58. The molecule has 1 aromatic rings. The third-order valence-electron chi connectivity index (χ3n) is 6.55. The number of pyridine rings is 1. The van der Waals surface area contributed by atoms with Crippen molar-refractivity contribution in [2.45, 2.75) is 96.2 Å². The molecular formula is C27H42N4O6. The van der Waals surface area contributed by atoms with Crippen molar-refractivity contribution in [2.24, 2.45) is 0 Å². The normalized spacial score (nSPS) is 18.4. The van der Waals surface area contributed by atoms with E-state index in [0.717, 1.165) is 63.0 Å². The summed E-state index contributed by atoms with van der Waals surface area (Å²) in [7, 11) is 0. The molecule has 10 nitrogen and oxygen atoms in total. The molecule has 3 N–H and O–H groups in total. The zero-order valence-electron chi connectivity index (χ0n) is 22.4. The Bertz CT molecular complexity index is 932. The minimum atomic E-state index is -1.08. The van der Waals surface area contributed by atoms with Crippen LogP contribution in [0, 0.1) is 0 Å². The van der Waals surface area contributed by atoms with Crippen molar-refractivity contribution < 1.29 is 29.0 Å². The van der Waals surface area contributed by atoms with Gasteiger partial charge in [-0.25, -0.2) is 14.6 Å². The van der Waals surface area contributed by atoms with Crippen LogP contribution in [0.1, 0.15) is 77.0 Å². The van der Waals surface area contributed by atoms with Crippen LogP contribution in [0.2, 0.25) is 0 Å². The van der Waals surface area contributed by atoms with Gasteiger partial charge in [0.15, 0.2) is 0 Å². The molecule has 1 aromatic heterocycles. The molecule has 0 radical (unpaired) electrons. The van der Waals surface area contributed by atoms with Gasteiger partial charge in [0.05, 0.1) is 13.2 Å². The summed E-state index contributed by atoms with van der Waals surface area (Å²) in [5.41, 5.74) is 1.70. The Hall–Kier alpha value is -2.88. The number of carbonyl (C=O) groups is 3. The fourth-order valence-corrected chi connectivity index (χ4v) is 4.58. The number of amides is 2. The SMILES string of the molecule is CC(C)(C)OC(=O)N1CCOC[C@H]1C(=O)NC(CCCCCCCc1ccc2c(n1)NCCC2)C(=O)O. The number of fused-ring (bicyclic) bond motifs is 1. The summed E-state index contributed by atoms with van der Waals surface area (Å²) in [6.45, 7) is 6.76. The van der Waals surface area contributed by atoms with Crippen LogP contribution in [0.25, 0.3) is 0 Å². The van der Waals surface area contributed by atoms with E-state index >= 15 is 0 Å². The average molecular weight is 519 g/mol. The standard InChI is InChI=1S/C27H42N4O6/c1-27(2,3)37-26(35)31-16-17-36-18-22(31)24(32)30-21(25(33)34)12-8-6-4-5-7-11-20-14-13-19-10-9-15-28-23(19)29-20/h13-14,21-22H,4-12,15-18H2,1-3H3,(H,28,29)(H,30,32)(H,33,34)/t21?,22-/m0/s1. The number of aliphatic carboxylic acids is 1. The second-order valence-electron chi connectivity index (χ2n) is 10.8. The number of rotatable bonds is 11. The number of carboxylic acids is 1. The number of hydrogen-bond acceptors (Lipinski definition) is 7. The first-order valence-electron chi connectivity index (χ1n) is 13.5. The Labute approximate surface area is 219 Å². The smallest absolute Gasteiger partial charge is 0.411 e. The zero-order chi connectivity index (χ0) is 26.8. The highest BCUT2D eigenvalue weighted by molar-refractivity contribution is 5.89. The van der Waals surface area contributed by atoms with E-state index < -0.39 is 35.7 Å². The van der Waals surface area contributed by atoms with E-state index in [2.05, 4.69) is 22.8 Å². The predicted molar refractivity (Wildman–Crippen MR) is 140 cm³/mol. The lowest BCUT2D eigenvalue weighted by molar-refractivity contribution is -0.144. The molecule has 0 aliphatic carbocycles. The highest BCUT2D eigenvalue weighted by Crippen LogP contribution is 2.21. The molecule has 206 valence electrons. The van der Waals surface area contributed by atoms with Gasteiger partial charge in [-0.3, -0.25) is 9.69 Å². The molecule has 2 aliphatic heterocycles. The van der Waals surface area contributed by atoms with E-state index in [-0.39, 0.29) is 13.2 Å². The van der Waals surface area contributed by atoms with Gasteiger partial charge in [0.2, 0.25) is 5.91 Å². The van der Waals surface area contributed by atoms with Crippen molar-refractivity contribution in [3.05, 3.63) is 23.4 Å². The number of carboxylic acid groups (broad SMARTS) is 1. The van der Waals surface area contributed by atoms with Crippen molar-refractivity contribution in [3.8, 4) is 0 Å². The molecule has 37 heavy (non-hydrogen) atoms. The fraction of sp³-hybridized carbons (Fsp3) is 0.704. The molecule has 3 rings (SSSR count). The maximum Gasteiger partial charge on any atom is 0.411 e. The number of ether oxygens (including phenoxy) is 2. The van der Waals surface area contributed by atoms with Gasteiger partial charge in [0.25, 0.3) is 0 Å². The highest BCUT2D eigenvalue weighted by Gasteiger charge is 2.37. The van der Waals surface area contributed by atoms with Gasteiger partial charge >= 0.3 is 12.1 Å². The number of carbonyl (C=O) groups excluding carboxylic acids is 2. The second kappa shape index (κ2) is 13.6. The van der Waals surface area contributed by atoms with Crippen LogP contribution in [-0.2, 0) is 31.9 Å². The maximum atomic E-state index is 12.9. The third-order valence-corrected chi connectivity index (χ3v) is 6.55. The molecule has 1 unspecified atom stereocenters. The van der Waals surface area contributed by atoms with E-state index in [0.29, 0.717) is 19.4 Å². The van der Waals surface area contributed by atoms with Gasteiger partial charge in [0, 0.05) is 18.8 Å². The molecule has 2 amide bonds. The number of nitrogens with one attached hydrogen (secondary N) is 2. The molecule has 3 heterocycles. The van der Waals surface area contributed by atoms with E-state index in [1.165, 1.54) is 10.5 Å². The van der Waals surface area contributed by atoms with Crippen molar-refractivity contribution >= 4 is 23.8 Å². The number of anilines is 1. The van der Waals surface area contributed by atoms with Gasteiger partial charge in [-0.05, 0) is 64.5 Å². The zero-order valence-corrected chi connectivity index (χ0v) is 22.4. The Kier molecular flexibility index (Phi) is 10.5. The van der Waals surface area contributed by atoms with Crippen molar-refractivity contribution in [2.75, 3.05) is 31.6 Å². The predicted octanol–water partition coefficient (Wildman–Crippen LogP) is 3.53. The molecule has 2 atom stereocenters. The van der Waals surface area contributed by atoms with Gasteiger partial charge in [-0.2, -0.15) is 0 Å². The molecule has 0 aromatic carbocycles. The quantitative estimate of drug-likeness (QED) is 0.379. The lowest BCUT2D eigenvalue weighted by atomic mass is 10.0. The van der Waals surface area contributed by atoms with Gasteiger partial charge in [-0.15, -0.1) is 0 Å². The lowest BCUT2D eigenvalue weighted by Gasteiger charge is -2.36. The number of nitrogens with zero attached hydrogens (tertiary/aromatic N) is 2. The molecular weight excluding hydrogens is 476 g/mol. The van der Waals surface area contributed by atoms with Crippen LogP contribution in [0.4, 0.5) is 10.6 Å². The summed E-state index contributed by atoms with van der Waals surface area (Å²) in [6.07, 6.45) is 7.54. The first-order chi connectivity index (χ1) is 17.6. The van der Waals surface area contributed by atoms with Crippen LogP contribution in [0.5, 0.6) is 0 Å². The molecule has 10 heteroatoms. The molecule has 1 fully saturated rings. The van der Waals surface area contributed by atoms with E-state index in [9.17, 15) is 19.5 Å². The number of morpholine rings is 1. The number of unbranched alkanes of at least 4 members (excludes halogenated alkanes) is 4. The van der Waals surface area contributed by atoms with Gasteiger partial charge < -0.3 is 25.2 Å². The molecule has 0 saturated carbocycles. The first-order valence-corrected chi connectivity index (χ1v) is 13.5. The molecule has 1 saturated heterocycles. The maximum absolute atomic E-state index is 12.9. The summed E-state index contributed by atoms with van der Waals surface area (Å²) in [5.74, 6) is -0.592. The minimum absolute atomic E-state index is 0.00650. The first kappa shape index (κ1) is 28.7. The summed E-state index contributed by atoms with van der Waals surface area (Å²) in [6, 6.07) is 2.36. The Balaban J connectivity index is 1.38. The molecule has 0 spiro atoms. The number of hydrogen-bond donors (Lipinski definition) is 3. The molecule has 0 bridgehead atoms. The van der Waals surface area contributed by atoms with Crippen LogP contribution >= 0.6 is 0 Å². The van der Waals surface area contributed by atoms with Crippen molar-refractivity contribution in [1.82, 2.24) is 15.2 Å². The Morgan fingerprint density at radius 1 is 1.22 bits per heavy atom. The minimum Gasteiger partial charge on any atom is -0.480 e. The van der Waals surface area contributed by atoms with E-state index in [1.807, 2.05) is 0 Å². The van der Waals surface area contributed by atoms with Crippen molar-refractivity contribution in [3.63, 3.8) is 0 Å². The van der Waals surface area contributed by atoms with E-state index in [4.69, 9.17) is 14.5 Å². The van der Waals surface area contributed by atoms with Crippen molar-refractivity contribution in [1.29, 1.82) is 0 Å². The summed E-state index contributed by atoms with van der Waals surface area (Å²) < 4.78 is 10.8. The summed E-state index contributed by atoms with van der Waals surface area (Å²) >= 11 is 0. The fourth-order valence-electron chi connectivity index (χ4n) is 4.58. The Morgan fingerprint density at radius 2 is 1.97 bits per heavy atom. The van der Waals surface area contributed by atoms with Crippen LogP contribution < -0.4 is 10.6 Å². The third kappa shape index (κ3) is 9.18.